The first-order valence-corrected chi connectivity index (χ1v) is 15.2. The van der Waals surface area contributed by atoms with Crippen molar-refractivity contribution in [2.75, 3.05) is 55.3 Å². The second-order valence-electron chi connectivity index (χ2n) is 12.6. The number of rotatable bonds is 8. The number of nitrogens with two attached hydrogens (primary N) is 1. The SMILES string of the molecule is BC(B)(B)N1CCN(c2ccc(C(=O)NC(=N)c3cc(Cc4cc(F)cc(F)c4)ccc3N)c(NC3CCOCC3)c2)CC1. The molecule has 0 unspecified atom stereocenters. The van der Waals surface area contributed by atoms with E-state index in [1.165, 1.54) is 12.1 Å². The summed E-state index contributed by atoms with van der Waals surface area (Å²) in [5, 5.41) is 15.1. The van der Waals surface area contributed by atoms with Crippen LogP contribution in [0.15, 0.2) is 54.6 Å². The van der Waals surface area contributed by atoms with Gasteiger partial charge in [-0.05, 0) is 72.9 Å². The largest absolute Gasteiger partial charge is 0.398 e. The number of carbonyl (C=O) groups is 1. The molecule has 3 aromatic rings. The summed E-state index contributed by atoms with van der Waals surface area (Å²) in [6.07, 6.45) is 1.92. The molecule has 0 atom stereocenters. The van der Waals surface area contributed by atoms with Gasteiger partial charge in [-0.25, -0.2) is 8.78 Å². The van der Waals surface area contributed by atoms with Crippen molar-refractivity contribution >= 4 is 52.3 Å². The maximum absolute atomic E-state index is 13.7. The highest BCUT2D eigenvalue weighted by Crippen LogP contribution is 2.28. The Morgan fingerprint density at radius 1 is 0.932 bits per heavy atom. The van der Waals surface area contributed by atoms with Gasteiger partial charge in [0.2, 0.25) is 0 Å². The van der Waals surface area contributed by atoms with Crippen LogP contribution in [0.3, 0.4) is 0 Å². The lowest BCUT2D eigenvalue weighted by molar-refractivity contribution is 0.0904. The number of hydrogen-bond acceptors (Lipinski definition) is 7. The fourth-order valence-corrected chi connectivity index (χ4v) is 5.87. The van der Waals surface area contributed by atoms with Gasteiger partial charge in [-0.1, -0.05) is 11.3 Å². The molecular formula is C31H39B3F2N6O2. The Hall–Kier alpha value is -3.83. The van der Waals surface area contributed by atoms with Crippen molar-refractivity contribution in [3.63, 3.8) is 0 Å². The number of benzene rings is 3. The zero-order valence-corrected chi connectivity index (χ0v) is 25.7. The van der Waals surface area contributed by atoms with Crippen LogP contribution in [-0.2, 0) is 11.2 Å². The summed E-state index contributed by atoms with van der Waals surface area (Å²) < 4.78 is 33.0. The summed E-state index contributed by atoms with van der Waals surface area (Å²) in [5.41, 5.74) is 10.2. The van der Waals surface area contributed by atoms with Crippen LogP contribution in [0.2, 0.25) is 0 Å². The topological polar surface area (TPSA) is 107 Å². The van der Waals surface area contributed by atoms with E-state index in [0.29, 0.717) is 46.8 Å². The molecule has 0 aliphatic carbocycles. The average Bonchev–Trinajstić information content (AvgIpc) is 2.97. The first kappa shape index (κ1) is 31.6. The molecule has 0 aromatic heterocycles. The number of piperazine rings is 1. The molecule has 1 amide bonds. The monoisotopic (exact) mass is 598 g/mol. The molecule has 2 fully saturated rings. The van der Waals surface area contributed by atoms with Gasteiger partial charge in [0.25, 0.3) is 5.91 Å². The first-order chi connectivity index (χ1) is 21.0. The van der Waals surface area contributed by atoms with Gasteiger partial charge in [-0.3, -0.25) is 10.2 Å². The standard InChI is InChI=1S/C31H39B3F2N6O2/c32-31(33,34)42-9-7-41(8-10-42)24-2-3-25(28(18-24)39-23-5-11-44-12-6-23)30(43)40-29(38)26-16-19(1-4-27(26)37)13-20-14-21(35)17-22(36)15-20/h1-4,14-18,23,39H,5-13,32-34,37H2,(H2,38,40,43). The molecule has 5 rings (SSSR count). The van der Waals surface area contributed by atoms with Crippen LogP contribution >= 0.6 is 0 Å². The summed E-state index contributed by atoms with van der Waals surface area (Å²) in [7, 11) is 6.71. The van der Waals surface area contributed by atoms with E-state index in [1.54, 1.807) is 18.2 Å². The van der Waals surface area contributed by atoms with Gasteiger partial charge in [0.1, 0.15) is 41.0 Å². The van der Waals surface area contributed by atoms with Crippen molar-refractivity contribution in [1.82, 2.24) is 10.2 Å². The Balaban J connectivity index is 1.34. The normalized spacial score (nSPS) is 16.5. The predicted molar refractivity (Wildman–Crippen MR) is 180 cm³/mol. The predicted octanol–water partition coefficient (Wildman–Crippen LogP) is 1.12. The summed E-state index contributed by atoms with van der Waals surface area (Å²) in [5.74, 6) is -1.89. The van der Waals surface area contributed by atoms with Crippen molar-refractivity contribution in [3.8, 4) is 0 Å². The van der Waals surface area contributed by atoms with Crippen LogP contribution in [0.4, 0.5) is 25.8 Å². The van der Waals surface area contributed by atoms with E-state index in [4.69, 9.17) is 15.9 Å². The lowest BCUT2D eigenvalue weighted by atomic mass is 9.48. The van der Waals surface area contributed by atoms with E-state index in [1.807, 2.05) is 18.2 Å². The fourth-order valence-electron chi connectivity index (χ4n) is 5.87. The summed E-state index contributed by atoms with van der Waals surface area (Å²) >= 11 is 0. The number of nitrogens with zero attached hydrogens (tertiary/aromatic N) is 2. The number of amidine groups is 1. The van der Waals surface area contributed by atoms with E-state index in [2.05, 4.69) is 44.0 Å². The van der Waals surface area contributed by atoms with E-state index < -0.39 is 17.5 Å². The van der Waals surface area contributed by atoms with Crippen molar-refractivity contribution < 1.29 is 18.3 Å². The van der Waals surface area contributed by atoms with E-state index in [-0.39, 0.29) is 23.5 Å². The summed E-state index contributed by atoms with van der Waals surface area (Å²) in [6.45, 7) is 5.02. The number of nitrogen functional groups attached to an aromatic ring is 1. The zero-order chi connectivity index (χ0) is 31.4. The van der Waals surface area contributed by atoms with Crippen LogP contribution in [0.1, 0.15) is 39.9 Å². The zero-order valence-electron chi connectivity index (χ0n) is 25.7. The molecule has 2 aliphatic heterocycles. The van der Waals surface area contributed by atoms with Crippen LogP contribution in [0.25, 0.3) is 0 Å². The van der Waals surface area contributed by atoms with Crippen LogP contribution in [0, 0.1) is 17.0 Å². The Bertz CT molecular complexity index is 1500. The van der Waals surface area contributed by atoms with Gasteiger partial charge in [0.05, 0.1) is 5.56 Å². The van der Waals surface area contributed by atoms with Crippen LogP contribution in [-0.4, -0.2) is 90.9 Å². The molecule has 5 N–H and O–H groups in total. The van der Waals surface area contributed by atoms with Crippen molar-refractivity contribution in [1.29, 1.82) is 5.41 Å². The summed E-state index contributed by atoms with van der Waals surface area (Å²) in [4.78, 5) is 18.5. The maximum Gasteiger partial charge on any atom is 0.258 e. The average molecular weight is 598 g/mol. The van der Waals surface area contributed by atoms with E-state index >= 15 is 0 Å². The van der Waals surface area contributed by atoms with Gasteiger partial charge in [-0.15, -0.1) is 0 Å². The second-order valence-corrected chi connectivity index (χ2v) is 12.6. The maximum atomic E-state index is 13.7. The molecule has 0 saturated carbocycles. The molecule has 2 aliphatic rings. The number of nitrogens with one attached hydrogen (secondary N) is 3. The number of carbonyl (C=O) groups excluding carboxylic acids is 1. The smallest absolute Gasteiger partial charge is 0.258 e. The molecule has 8 nitrogen and oxygen atoms in total. The quantitative estimate of drug-likeness (QED) is 0.134. The van der Waals surface area contributed by atoms with Crippen molar-refractivity contribution in [3.05, 3.63) is 88.5 Å². The molecule has 228 valence electrons. The minimum absolute atomic E-state index is 0.120. The minimum atomic E-state index is -0.654. The minimum Gasteiger partial charge on any atom is -0.398 e. The highest BCUT2D eigenvalue weighted by atomic mass is 19.1. The van der Waals surface area contributed by atoms with Crippen LogP contribution in [0.5, 0.6) is 0 Å². The van der Waals surface area contributed by atoms with Gasteiger partial charge < -0.3 is 30.9 Å². The van der Waals surface area contributed by atoms with Crippen molar-refractivity contribution in [2.24, 2.45) is 0 Å². The molecule has 0 bridgehead atoms. The number of hydrogen-bond donors (Lipinski definition) is 4. The lowest BCUT2D eigenvalue weighted by Gasteiger charge is -2.43. The van der Waals surface area contributed by atoms with Gasteiger partial charge >= 0.3 is 0 Å². The fraction of sp³-hybridized carbons (Fsp3) is 0.355. The summed E-state index contributed by atoms with van der Waals surface area (Å²) in [6, 6.07) is 14.4. The highest BCUT2D eigenvalue weighted by molar-refractivity contribution is 6.59. The Kier molecular flexibility index (Phi) is 9.65. The molecular weight excluding hydrogens is 559 g/mol. The van der Waals surface area contributed by atoms with E-state index in [9.17, 15) is 13.6 Å². The first-order valence-electron chi connectivity index (χ1n) is 15.2. The van der Waals surface area contributed by atoms with Gasteiger partial charge in [-0.2, -0.15) is 0 Å². The van der Waals surface area contributed by atoms with Crippen LogP contribution < -0.4 is 21.3 Å². The second kappa shape index (κ2) is 13.4. The molecule has 2 saturated heterocycles. The number of halogens is 2. The number of anilines is 3. The third kappa shape index (κ3) is 7.81. The van der Waals surface area contributed by atoms with E-state index in [0.717, 1.165) is 50.8 Å². The molecule has 2 heterocycles. The Labute approximate surface area is 260 Å². The molecule has 13 heteroatoms. The molecule has 44 heavy (non-hydrogen) atoms. The third-order valence-electron chi connectivity index (χ3n) is 8.38. The Morgan fingerprint density at radius 2 is 1.61 bits per heavy atom. The number of amides is 1. The molecule has 0 spiro atoms. The van der Waals surface area contributed by atoms with Gasteiger partial charge in [0.15, 0.2) is 0 Å². The Morgan fingerprint density at radius 3 is 2.27 bits per heavy atom. The molecule has 3 aromatic carbocycles. The van der Waals surface area contributed by atoms with Crippen molar-refractivity contribution in [2.45, 2.75) is 30.5 Å². The lowest BCUT2D eigenvalue weighted by Crippen LogP contribution is -2.58. The third-order valence-corrected chi connectivity index (χ3v) is 8.38. The van der Waals surface area contributed by atoms with Gasteiger partial charge in [0, 0.05) is 74.1 Å². The molecule has 0 radical (unpaired) electrons. The number of ether oxygens (including phenoxy) is 1. The highest BCUT2D eigenvalue weighted by Gasteiger charge is 2.27.